The van der Waals surface area contributed by atoms with Crippen molar-refractivity contribution in [1.82, 2.24) is 5.32 Å². The molecular formula is C13H14N2O4S. The first kappa shape index (κ1) is 14.3. The van der Waals surface area contributed by atoms with Crippen molar-refractivity contribution in [3.8, 4) is 0 Å². The minimum Gasteiger partial charge on any atom is -0.459 e. The minimum absolute atomic E-state index is 0.0332. The fourth-order valence-electron chi connectivity index (χ4n) is 1.71. The summed E-state index contributed by atoms with van der Waals surface area (Å²) in [5.41, 5.74) is 0.761. The summed E-state index contributed by atoms with van der Waals surface area (Å²) < 4.78 is 27.3. The second kappa shape index (κ2) is 5.48. The van der Waals surface area contributed by atoms with Crippen LogP contribution in [0.1, 0.15) is 29.1 Å². The fraction of sp³-hybridized carbons (Fsp3) is 0.154. The smallest absolute Gasteiger partial charge is 0.287 e. The highest BCUT2D eigenvalue weighted by Crippen LogP contribution is 2.16. The zero-order valence-electron chi connectivity index (χ0n) is 10.7. The van der Waals surface area contributed by atoms with E-state index in [0.29, 0.717) is 0 Å². The first-order valence-electron chi connectivity index (χ1n) is 5.85. The quantitative estimate of drug-likeness (QED) is 0.890. The van der Waals surface area contributed by atoms with Gasteiger partial charge >= 0.3 is 0 Å². The largest absolute Gasteiger partial charge is 0.459 e. The van der Waals surface area contributed by atoms with E-state index in [2.05, 4.69) is 5.32 Å². The lowest BCUT2D eigenvalue weighted by Crippen LogP contribution is -2.26. The van der Waals surface area contributed by atoms with E-state index in [1.165, 1.54) is 18.4 Å². The van der Waals surface area contributed by atoms with Gasteiger partial charge in [-0.1, -0.05) is 12.1 Å². The van der Waals surface area contributed by atoms with Crippen LogP contribution in [0.2, 0.25) is 0 Å². The summed E-state index contributed by atoms with van der Waals surface area (Å²) in [6, 6.07) is 8.91. The molecule has 106 valence electrons. The molecule has 0 spiro atoms. The number of nitrogens with one attached hydrogen (secondary N) is 1. The summed E-state index contributed by atoms with van der Waals surface area (Å²) in [4.78, 5) is 11.8. The Bertz CT molecular complexity index is 690. The van der Waals surface area contributed by atoms with Gasteiger partial charge in [0.15, 0.2) is 5.76 Å². The molecule has 3 N–H and O–H groups in total. The third kappa shape index (κ3) is 3.25. The standard InChI is InChI=1S/C13H14N2O4S/c1-9(15-13(16)12-3-2-8-19-12)10-4-6-11(7-5-10)20(14,17)18/h2-9H,1H3,(H,15,16)(H2,14,17,18)/t9-/m1/s1. The van der Waals surface area contributed by atoms with E-state index in [9.17, 15) is 13.2 Å². The molecule has 0 aliphatic rings. The lowest BCUT2D eigenvalue weighted by Gasteiger charge is -2.13. The van der Waals surface area contributed by atoms with E-state index in [4.69, 9.17) is 9.56 Å². The molecule has 0 aliphatic heterocycles. The second-order valence-corrected chi connectivity index (χ2v) is 5.85. The summed E-state index contributed by atoms with van der Waals surface area (Å²) in [6.07, 6.45) is 1.42. The Labute approximate surface area is 116 Å². The lowest BCUT2D eigenvalue weighted by molar-refractivity contribution is 0.0912. The van der Waals surface area contributed by atoms with Crippen LogP contribution < -0.4 is 10.5 Å². The topological polar surface area (TPSA) is 102 Å². The lowest BCUT2D eigenvalue weighted by atomic mass is 10.1. The molecule has 0 unspecified atom stereocenters. The van der Waals surface area contributed by atoms with Gasteiger partial charge in [0.25, 0.3) is 5.91 Å². The van der Waals surface area contributed by atoms with Crippen molar-refractivity contribution >= 4 is 15.9 Å². The number of hydrogen-bond donors (Lipinski definition) is 2. The first-order valence-corrected chi connectivity index (χ1v) is 7.39. The molecule has 2 rings (SSSR count). The van der Waals surface area contributed by atoms with Crippen molar-refractivity contribution in [2.75, 3.05) is 0 Å². The highest BCUT2D eigenvalue weighted by atomic mass is 32.2. The molecule has 7 heteroatoms. The molecule has 2 aromatic rings. The number of rotatable bonds is 4. The molecule has 0 saturated heterocycles. The van der Waals surface area contributed by atoms with Crippen LogP contribution in [0, 0.1) is 0 Å². The molecule has 0 radical (unpaired) electrons. The molecular weight excluding hydrogens is 280 g/mol. The Morgan fingerprint density at radius 1 is 1.25 bits per heavy atom. The molecule has 0 aliphatic carbocycles. The van der Waals surface area contributed by atoms with E-state index in [1.54, 1.807) is 31.2 Å². The van der Waals surface area contributed by atoms with Crippen LogP contribution in [-0.2, 0) is 10.0 Å². The van der Waals surface area contributed by atoms with Crippen LogP contribution in [0.3, 0.4) is 0 Å². The Balaban J connectivity index is 2.10. The van der Waals surface area contributed by atoms with Crippen molar-refractivity contribution < 1.29 is 17.6 Å². The highest BCUT2D eigenvalue weighted by Gasteiger charge is 2.14. The molecule has 0 saturated carbocycles. The monoisotopic (exact) mass is 294 g/mol. The number of benzene rings is 1. The van der Waals surface area contributed by atoms with E-state index in [-0.39, 0.29) is 22.6 Å². The highest BCUT2D eigenvalue weighted by molar-refractivity contribution is 7.89. The van der Waals surface area contributed by atoms with E-state index in [1.807, 2.05) is 0 Å². The van der Waals surface area contributed by atoms with Gasteiger partial charge in [-0.15, -0.1) is 0 Å². The van der Waals surface area contributed by atoms with Crippen molar-refractivity contribution in [3.63, 3.8) is 0 Å². The fourth-order valence-corrected chi connectivity index (χ4v) is 2.22. The molecule has 0 bridgehead atoms. The average Bonchev–Trinajstić information content (AvgIpc) is 2.91. The molecule has 1 amide bonds. The van der Waals surface area contributed by atoms with Crippen molar-refractivity contribution in [2.45, 2.75) is 17.9 Å². The van der Waals surface area contributed by atoms with Gasteiger partial charge in [-0.25, -0.2) is 13.6 Å². The number of carbonyl (C=O) groups excluding carboxylic acids is 1. The zero-order chi connectivity index (χ0) is 14.8. The summed E-state index contributed by atoms with van der Waals surface area (Å²) >= 11 is 0. The van der Waals surface area contributed by atoms with Gasteiger partial charge < -0.3 is 9.73 Å². The number of primary sulfonamides is 1. The van der Waals surface area contributed by atoms with Crippen LogP contribution in [0.25, 0.3) is 0 Å². The summed E-state index contributed by atoms with van der Waals surface area (Å²) in [5, 5.41) is 7.76. The Morgan fingerprint density at radius 2 is 1.90 bits per heavy atom. The SMILES string of the molecule is C[C@@H](NC(=O)c1ccco1)c1ccc(S(N)(=O)=O)cc1. The van der Waals surface area contributed by atoms with Gasteiger partial charge in [0.1, 0.15) is 0 Å². The third-order valence-electron chi connectivity index (χ3n) is 2.80. The molecule has 0 fully saturated rings. The first-order chi connectivity index (χ1) is 9.38. The normalized spacial score (nSPS) is 12.9. The van der Waals surface area contributed by atoms with Gasteiger partial charge in [0.2, 0.25) is 10.0 Å². The van der Waals surface area contributed by atoms with Crippen molar-refractivity contribution in [3.05, 3.63) is 54.0 Å². The van der Waals surface area contributed by atoms with Gasteiger partial charge in [-0.05, 0) is 36.8 Å². The molecule has 20 heavy (non-hydrogen) atoms. The summed E-state index contributed by atoms with van der Waals surface area (Å²) in [6.45, 7) is 1.78. The molecule has 1 aromatic heterocycles. The maximum absolute atomic E-state index is 11.8. The zero-order valence-corrected chi connectivity index (χ0v) is 11.6. The number of furan rings is 1. The Kier molecular flexibility index (Phi) is 3.91. The molecule has 1 aromatic carbocycles. The van der Waals surface area contributed by atoms with Crippen LogP contribution in [0.15, 0.2) is 52.0 Å². The van der Waals surface area contributed by atoms with E-state index >= 15 is 0 Å². The predicted octanol–water partition coefficient (Wildman–Crippen LogP) is 1.42. The number of carbonyl (C=O) groups is 1. The molecule has 1 heterocycles. The number of hydrogen-bond acceptors (Lipinski definition) is 4. The predicted molar refractivity (Wildman–Crippen MR) is 72.4 cm³/mol. The van der Waals surface area contributed by atoms with Crippen LogP contribution in [0.5, 0.6) is 0 Å². The van der Waals surface area contributed by atoms with E-state index < -0.39 is 10.0 Å². The molecule has 6 nitrogen and oxygen atoms in total. The average molecular weight is 294 g/mol. The Hall–Kier alpha value is -2.12. The van der Waals surface area contributed by atoms with Crippen LogP contribution in [-0.4, -0.2) is 14.3 Å². The van der Waals surface area contributed by atoms with E-state index in [0.717, 1.165) is 5.56 Å². The Morgan fingerprint density at radius 3 is 2.40 bits per heavy atom. The van der Waals surface area contributed by atoms with Crippen LogP contribution >= 0.6 is 0 Å². The maximum Gasteiger partial charge on any atom is 0.287 e. The van der Waals surface area contributed by atoms with Crippen molar-refractivity contribution in [2.24, 2.45) is 5.14 Å². The third-order valence-corrected chi connectivity index (χ3v) is 3.73. The minimum atomic E-state index is -3.71. The van der Waals surface area contributed by atoms with Crippen LogP contribution in [0.4, 0.5) is 0 Å². The summed E-state index contributed by atoms with van der Waals surface area (Å²) in [5.74, 6) is -0.115. The second-order valence-electron chi connectivity index (χ2n) is 4.29. The van der Waals surface area contributed by atoms with Gasteiger partial charge in [-0.2, -0.15) is 0 Å². The number of nitrogens with two attached hydrogens (primary N) is 1. The number of amides is 1. The van der Waals surface area contributed by atoms with Gasteiger partial charge in [0, 0.05) is 0 Å². The van der Waals surface area contributed by atoms with Gasteiger partial charge in [0.05, 0.1) is 17.2 Å². The van der Waals surface area contributed by atoms with Gasteiger partial charge in [-0.3, -0.25) is 4.79 Å². The number of sulfonamides is 1. The van der Waals surface area contributed by atoms with Crippen molar-refractivity contribution in [1.29, 1.82) is 0 Å². The molecule has 1 atom stereocenters. The maximum atomic E-state index is 11.8. The summed E-state index contributed by atoms with van der Waals surface area (Å²) in [7, 11) is -3.71.